The van der Waals surface area contributed by atoms with Crippen molar-refractivity contribution in [1.29, 1.82) is 0 Å². The molecule has 0 radical (unpaired) electrons. The smallest absolute Gasteiger partial charge is 0.116 e. The molecular formula is C9H20O3S3. The first-order valence-corrected chi connectivity index (χ1v) is 5.78. The molecule has 15 heavy (non-hydrogen) atoms. The molecule has 0 saturated heterocycles. The zero-order valence-corrected chi connectivity index (χ0v) is 11.5. The summed E-state index contributed by atoms with van der Waals surface area (Å²) in [6.07, 6.45) is 2.12. The van der Waals surface area contributed by atoms with Crippen LogP contribution in [0.1, 0.15) is 13.3 Å². The highest BCUT2D eigenvalue weighted by Crippen LogP contribution is 2.24. The number of rotatable bonds is 5. The fraction of sp³-hybridized carbons (Fsp3) is 0.778. The van der Waals surface area contributed by atoms with Crippen LogP contribution in [0.5, 0.6) is 0 Å². The molecule has 0 aromatic rings. The van der Waals surface area contributed by atoms with E-state index < -0.39 is 8.83 Å². The van der Waals surface area contributed by atoms with Crippen LogP contribution in [0.15, 0.2) is 12.7 Å². The zero-order valence-electron chi connectivity index (χ0n) is 8.80. The predicted octanol–water partition coefficient (Wildman–Crippen LogP) is 0.975. The van der Waals surface area contributed by atoms with Crippen molar-refractivity contribution in [3.8, 4) is 0 Å². The minimum absolute atomic E-state index is 0.156. The molecular weight excluding hydrogens is 252 g/mol. The monoisotopic (exact) mass is 272 g/mol. The van der Waals surface area contributed by atoms with Gasteiger partial charge in [-0.25, -0.2) is 0 Å². The SMILES string of the molecule is C=CC(S)(S)S.CCC(CO)(CO)CO. The molecule has 3 nitrogen and oxygen atoms in total. The average Bonchev–Trinajstić information content (AvgIpc) is 2.22. The lowest BCUT2D eigenvalue weighted by atomic mass is 9.88. The van der Waals surface area contributed by atoms with E-state index in [2.05, 4.69) is 44.5 Å². The molecule has 0 aliphatic carbocycles. The van der Waals surface area contributed by atoms with Crippen LogP contribution in [0.4, 0.5) is 0 Å². The summed E-state index contributed by atoms with van der Waals surface area (Å²) in [5.74, 6) is 0. The van der Waals surface area contributed by atoms with Crippen LogP contribution < -0.4 is 0 Å². The van der Waals surface area contributed by atoms with E-state index in [4.69, 9.17) is 15.3 Å². The number of aliphatic hydroxyl groups excluding tert-OH is 3. The Morgan fingerprint density at radius 1 is 1.07 bits per heavy atom. The molecule has 0 atom stereocenters. The highest BCUT2D eigenvalue weighted by Gasteiger charge is 2.24. The maximum absolute atomic E-state index is 8.66. The summed E-state index contributed by atoms with van der Waals surface area (Å²) < 4.78 is -0.611. The molecule has 0 amide bonds. The van der Waals surface area contributed by atoms with Crippen molar-refractivity contribution < 1.29 is 15.3 Å². The molecule has 0 saturated carbocycles. The fourth-order valence-electron chi connectivity index (χ4n) is 0.485. The van der Waals surface area contributed by atoms with E-state index in [0.29, 0.717) is 6.42 Å². The largest absolute Gasteiger partial charge is 0.396 e. The first kappa shape index (κ1) is 18.0. The van der Waals surface area contributed by atoms with E-state index in [0.717, 1.165) is 0 Å². The molecule has 0 spiro atoms. The van der Waals surface area contributed by atoms with Gasteiger partial charge >= 0.3 is 0 Å². The van der Waals surface area contributed by atoms with E-state index in [1.54, 1.807) is 0 Å². The van der Waals surface area contributed by atoms with Gasteiger partial charge in [-0.1, -0.05) is 13.0 Å². The normalized spacial score (nSPS) is 11.7. The summed E-state index contributed by atoms with van der Waals surface area (Å²) in [7, 11) is 0. The Hall–Kier alpha value is 0.670. The van der Waals surface area contributed by atoms with E-state index in [1.165, 1.54) is 6.08 Å². The van der Waals surface area contributed by atoms with Crippen LogP contribution in [-0.4, -0.2) is 38.6 Å². The Kier molecular flexibility index (Phi) is 10.6. The Balaban J connectivity index is 0. The first-order valence-electron chi connectivity index (χ1n) is 4.44. The lowest BCUT2D eigenvalue weighted by Gasteiger charge is -2.24. The van der Waals surface area contributed by atoms with Gasteiger partial charge in [-0.05, 0) is 6.42 Å². The van der Waals surface area contributed by atoms with E-state index in [1.807, 2.05) is 6.92 Å². The topological polar surface area (TPSA) is 60.7 Å². The molecule has 0 aliphatic rings. The third-order valence-corrected chi connectivity index (χ3v) is 2.58. The minimum atomic E-state index is -0.667. The molecule has 3 N–H and O–H groups in total. The molecule has 0 bridgehead atoms. The van der Waals surface area contributed by atoms with Gasteiger partial charge in [-0.2, -0.15) is 0 Å². The summed E-state index contributed by atoms with van der Waals surface area (Å²) in [4.78, 5) is 0. The van der Waals surface area contributed by atoms with E-state index in [9.17, 15) is 0 Å². The molecule has 0 aliphatic heterocycles. The quantitative estimate of drug-likeness (QED) is 0.257. The first-order chi connectivity index (χ1) is 6.80. The van der Waals surface area contributed by atoms with Crippen molar-refractivity contribution in [2.75, 3.05) is 19.8 Å². The van der Waals surface area contributed by atoms with Crippen LogP contribution in [0.25, 0.3) is 0 Å². The fourth-order valence-corrected chi connectivity index (χ4v) is 0.485. The molecule has 0 aromatic heterocycles. The summed E-state index contributed by atoms with van der Waals surface area (Å²) >= 11 is 11.6. The number of hydrogen-bond donors (Lipinski definition) is 6. The number of hydrogen-bond acceptors (Lipinski definition) is 6. The zero-order chi connectivity index (χ0) is 12.5. The maximum Gasteiger partial charge on any atom is 0.116 e. The van der Waals surface area contributed by atoms with Gasteiger partial charge in [0.25, 0.3) is 0 Å². The van der Waals surface area contributed by atoms with Crippen LogP contribution in [0.2, 0.25) is 0 Å². The number of aliphatic hydroxyl groups is 3. The summed E-state index contributed by atoms with van der Waals surface area (Å²) in [5, 5.41) is 26.0. The van der Waals surface area contributed by atoms with Crippen LogP contribution in [0, 0.1) is 5.41 Å². The summed E-state index contributed by atoms with van der Waals surface area (Å²) in [5.41, 5.74) is -0.667. The molecule has 0 unspecified atom stereocenters. The highest BCUT2D eigenvalue weighted by atomic mass is 32.2. The Labute approximate surface area is 108 Å². The number of thiol groups is 3. The third-order valence-electron chi connectivity index (χ3n) is 2.03. The Bertz CT molecular complexity index is 147. The van der Waals surface area contributed by atoms with Gasteiger partial charge in [0.05, 0.1) is 19.8 Å². The van der Waals surface area contributed by atoms with Crippen molar-refractivity contribution in [3.63, 3.8) is 0 Å². The van der Waals surface area contributed by atoms with Crippen molar-refractivity contribution in [1.82, 2.24) is 0 Å². The minimum Gasteiger partial charge on any atom is -0.396 e. The van der Waals surface area contributed by atoms with Crippen LogP contribution in [0.3, 0.4) is 0 Å². The maximum atomic E-state index is 8.66. The van der Waals surface area contributed by atoms with Crippen LogP contribution in [-0.2, 0) is 0 Å². The highest BCUT2D eigenvalue weighted by molar-refractivity contribution is 8.17. The molecule has 0 rings (SSSR count). The van der Waals surface area contributed by atoms with Crippen LogP contribution >= 0.6 is 37.9 Å². The van der Waals surface area contributed by atoms with Gasteiger partial charge in [0.1, 0.15) is 3.41 Å². The third kappa shape index (κ3) is 9.59. The van der Waals surface area contributed by atoms with E-state index >= 15 is 0 Å². The van der Waals surface area contributed by atoms with E-state index in [-0.39, 0.29) is 19.8 Å². The van der Waals surface area contributed by atoms with Gasteiger partial charge in [-0.15, -0.1) is 44.5 Å². The van der Waals surface area contributed by atoms with Gasteiger partial charge in [0.2, 0.25) is 0 Å². The second-order valence-electron chi connectivity index (χ2n) is 3.22. The lowest BCUT2D eigenvalue weighted by Crippen LogP contribution is -2.32. The average molecular weight is 272 g/mol. The van der Waals surface area contributed by atoms with Crippen molar-refractivity contribution in [2.45, 2.75) is 16.8 Å². The summed E-state index contributed by atoms with van der Waals surface area (Å²) in [6, 6.07) is 0. The summed E-state index contributed by atoms with van der Waals surface area (Å²) in [6.45, 7) is 4.76. The molecule has 6 heteroatoms. The van der Waals surface area contributed by atoms with Crippen molar-refractivity contribution in [2.24, 2.45) is 5.41 Å². The standard InChI is InChI=1S/C6H14O3.C3H6S3/c1-2-6(3-7,4-8)5-9;1-2-3(4,5)6/h7-9H,2-5H2,1H3;2,4-6H,1H2. The van der Waals surface area contributed by atoms with Gasteiger partial charge in [0.15, 0.2) is 0 Å². The van der Waals surface area contributed by atoms with Crippen molar-refractivity contribution in [3.05, 3.63) is 12.7 Å². The Morgan fingerprint density at radius 3 is 1.33 bits per heavy atom. The molecule has 0 aromatic carbocycles. The Morgan fingerprint density at radius 2 is 1.33 bits per heavy atom. The molecule has 0 heterocycles. The molecule has 0 fully saturated rings. The van der Waals surface area contributed by atoms with Gasteiger partial charge in [-0.3, -0.25) is 0 Å². The predicted molar refractivity (Wildman–Crippen MR) is 73.9 cm³/mol. The van der Waals surface area contributed by atoms with Crippen molar-refractivity contribution >= 4 is 37.9 Å². The van der Waals surface area contributed by atoms with Gasteiger partial charge in [0, 0.05) is 5.41 Å². The second-order valence-corrected chi connectivity index (χ2v) is 6.39. The molecule has 92 valence electrons. The lowest BCUT2D eigenvalue weighted by molar-refractivity contribution is 0.00304. The van der Waals surface area contributed by atoms with Gasteiger partial charge < -0.3 is 15.3 Å². The second kappa shape index (κ2) is 8.78.